The van der Waals surface area contributed by atoms with Crippen molar-refractivity contribution >= 4 is 22.4 Å². The molecule has 2 aromatic carbocycles. The van der Waals surface area contributed by atoms with Crippen LogP contribution in [0.4, 0.5) is 24.7 Å². The van der Waals surface area contributed by atoms with Gasteiger partial charge in [-0.3, -0.25) is 0 Å². The predicted molar refractivity (Wildman–Crippen MR) is 129 cm³/mol. The van der Waals surface area contributed by atoms with Crippen molar-refractivity contribution in [3.63, 3.8) is 0 Å². The Bertz CT molecular complexity index is 1260. The van der Waals surface area contributed by atoms with E-state index in [1.807, 2.05) is 13.0 Å². The topological polar surface area (TPSA) is 79.3 Å². The normalized spacial score (nSPS) is 18.6. The van der Waals surface area contributed by atoms with Crippen molar-refractivity contribution < 1.29 is 23.0 Å². The third kappa shape index (κ3) is 4.43. The van der Waals surface area contributed by atoms with Crippen LogP contribution >= 0.6 is 0 Å². The maximum Gasteiger partial charge on any atom is 0.298 e. The Labute approximate surface area is 201 Å². The molecule has 0 amide bonds. The summed E-state index contributed by atoms with van der Waals surface area (Å²) in [6.07, 6.45) is 3.87. The summed E-state index contributed by atoms with van der Waals surface area (Å²) in [6, 6.07) is 5.46. The van der Waals surface area contributed by atoms with Crippen LogP contribution in [0.5, 0.6) is 0 Å². The van der Waals surface area contributed by atoms with E-state index in [1.165, 1.54) is 23.3 Å². The molecule has 3 aromatic rings. The maximum absolute atomic E-state index is 15.1. The van der Waals surface area contributed by atoms with Crippen LogP contribution in [0.15, 0.2) is 24.3 Å². The van der Waals surface area contributed by atoms with E-state index in [4.69, 9.17) is 14.8 Å². The number of hydrogen-bond acceptors (Lipinski definition) is 6. The number of nitrogens with one attached hydrogen (secondary N) is 2. The average Bonchev–Trinajstić information content (AvgIpc) is 3.52. The highest BCUT2D eigenvalue weighted by atomic mass is 19.3. The van der Waals surface area contributed by atoms with Crippen LogP contribution in [0.2, 0.25) is 0 Å². The highest BCUT2D eigenvalue weighted by molar-refractivity contribution is 5.96. The number of anilines is 2. The summed E-state index contributed by atoms with van der Waals surface area (Å²) in [5, 5.41) is 16.7. The number of fused-ring (bicyclic) bond motifs is 3. The highest BCUT2D eigenvalue weighted by Crippen LogP contribution is 2.39. The molecule has 186 valence electrons. The molecule has 1 fully saturated rings. The van der Waals surface area contributed by atoms with E-state index in [0.717, 1.165) is 54.9 Å². The van der Waals surface area contributed by atoms with Gasteiger partial charge in [-0.1, -0.05) is 12.1 Å². The number of ether oxygens (including phenoxy) is 1. The minimum absolute atomic E-state index is 0.0719. The smallest absolute Gasteiger partial charge is 0.298 e. The molecule has 9 heteroatoms. The van der Waals surface area contributed by atoms with Crippen molar-refractivity contribution in [2.75, 3.05) is 30.5 Å². The molecule has 2 atom stereocenters. The Morgan fingerprint density at radius 3 is 2.77 bits per heavy atom. The fraction of sp³-hybridized carbons (Fsp3) is 0.462. The minimum Gasteiger partial charge on any atom is -0.390 e. The lowest BCUT2D eigenvalue weighted by molar-refractivity contribution is -0.0583. The number of aliphatic hydroxyl groups excluding tert-OH is 1. The van der Waals surface area contributed by atoms with Crippen molar-refractivity contribution in [1.29, 1.82) is 0 Å². The van der Waals surface area contributed by atoms with Gasteiger partial charge < -0.3 is 20.5 Å². The zero-order valence-corrected chi connectivity index (χ0v) is 19.8. The number of aromatic nitrogens is 2. The molecule has 35 heavy (non-hydrogen) atoms. The lowest BCUT2D eigenvalue weighted by Crippen LogP contribution is -2.22. The summed E-state index contributed by atoms with van der Waals surface area (Å²) in [6.45, 7) is 3.44. The predicted octanol–water partition coefficient (Wildman–Crippen LogP) is 5.02. The first-order valence-corrected chi connectivity index (χ1v) is 12.0. The molecular weight excluding hydrogens is 457 g/mol. The highest BCUT2D eigenvalue weighted by Gasteiger charge is 2.35. The zero-order valence-electron chi connectivity index (χ0n) is 19.8. The number of aryl methyl sites for hydroxylation is 2. The van der Waals surface area contributed by atoms with E-state index in [0.29, 0.717) is 18.2 Å². The minimum atomic E-state index is -3.66. The molecule has 2 aliphatic rings. The Morgan fingerprint density at radius 2 is 2.03 bits per heavy atom. The molecule has 1 saturated heterocycles. The van der Waals surface area contributed by atoms with Gasteiger partial charge in [-0.15, -0.1) is 0 Å². The fourth-order valence-corrected chi connectivity index (χ4v) is 5.12. The molecule has 3 N–H and O–H groups in total. The van der Waals surface area contributed by atoms with E-state index < -0.39 is 30.0 Å². The third-order valence-corrected chi connectivity index (χ3v) is 6.91. The molecule has 5 rings (SSSR count). The Hall–Kier alpha value is -2.91. The molecule has 0 unspecified atom stereocenters. The van der Waals surface area contributed by atoms with Gasteiger partial charge in [0.05, 0.1) is 29.8 Å². The number of alkyl halides is 2. The lowest BCUT2D eigenvalue weighted by atomic mass is 9.99. The first-order valence-electron chi connectivity index (χ1n) is 12.0. The van der Waals surface area contributed by atoms with Crippen molar-refractivity contribution in [2.45, 2.75) is 57.5 Å². The largest absolute Gasteiger partial charge is 0.390 e. The fourth-order valence-electron chi connectivity index (χ4n) is 5.12. The summed E-state index contributed by atoms with van der Waals surface area (Å²) >= 11 is 0. The Balaban J connectivity index is 1.55. The van der Waals surface area contributed by atoms with Gasteiger partial charge in [0.25, 0.3) is 5.92 Å². The summed E-state index contributed by atoms with van der Waals surface area (Å²) < 4.78 is 48.8. The Morgan fingerprint density at radius 1 is 1.23 bits per heavy atom. The number of nitrogens with zero attached hydrogens (tertiary/aromatic N) is 2. The quantitative estimate of drug-likeness (QED) is 0.435. The van der Waals surface area contributed by atoms with Gasteiger partial charge in [0.15, 0.2) is 0 Å². The number of aliphatic hydroxyl groups is 1. The van der Waals surface area contributed by atoms with Crippen LogP contribution in [0.3, 0.4) is 0 Å². The molecule has 1 aliphatic carbocycles. The molecule has 2 heterocycles. The SMILES string of the molecule is Cc1nc(N[C@H](C)c2cccc(C(F)(F)CO)c2F)c2cc(N[C@H]3CCOC3)c3c(c2n1)CCC3. The molecule has 0 saturated carbocycles. The van der Waals surface area contributed by atoms with Crippen molar-refractivity contribution in [3.05, 3.63) is 58.2 Å². The van der Waals surface area contributed by atoms with Crippen LogP contribution < -0.4 is 10.6 Å². The second-order valence-corrected chi connectivity index (χ2v) is 9.39. The summed E-state index contributed by atoms with van der Waals surface area (Å²) in [5.41, 5.74) is 3.63. The van der Waals surface area contributed by atoms with E-state index in [1.54, 1.807) is 6.92 Å². The number of hydrogen-bond donors (Lipinski definition) is 3. The molecule has 0 radical (unpaired) electrons. The van der Waals surface area contributed by atoms with Crippen molar-refractivity contribution in [3.8, 4) is 0 Å². The summed E-state index contributed by atoms with van der Waals surface area (Å²) in [4.78, 5) is 9.33. The summed E-state index contributed by atoms with van der Waals surface area (Å²) in [7, 11) is 0. The zero-order chi connectivity index (χ0) is 24.7. The summed E-state index contributed by atoms with van der Waals surface area (Å²) in [5.74, 6) is -3.60. The van der Waals surface area contributed by atoms with Gasteiger partial charge in [-0.2, -0.15) is 8.78 Å². The maximum atomic E-state index is 15.1. The molecule has 0 bridgehead atoms. The Kier molecular flexibility index (Phi) is 6.31. The van der Waals surface area contributed by atoms with Crippen LogP contribution in [-0.2, 0) is 23.5 Å². The van der Waals surface area contributed by atoms with E-state index in [2.05, 4.69) is 15.6 Å². The molecule has 6 nitrogen and oxygen atoms in total. The van der Waals surface area contributed by atoms with Crippen molar-refractivity contribution in [1.82, 2.24) is 9.97 Å². The van der Waals surface area contributed by atoms with Gasteiger partial charge >= 0.3 is 0 Å². The van der Waals surface area contributed by atoms with Gasteiger partial charge in [-0.25, -0.2) is 14.4 Å². The van der Waals surface area contributed by atoms with E-state index in [-0.39, 0.29) is 11.6 Å². The monoisotopic (exact) mass is 486 g/mol. The second kappa shape index (κ2) is 9.28. The number of rotatable bonds is 7. The van der Waals surface area contributed by atoms with Gasteiger partial charge in [0.2, 0.25) is 0 Å². The van der Waals surface area contributed by atoms with Crippen LogP contribution in [0.25, 0.3) is 10.9 Å². The van der Waals surface area contributed by atoms with Gasteiger partial charge in [0.1, 0.15) is 24.1 Å². The average molecular weight is 487 g/mol. The number of halogens is 3. The standard InChI is InChI=1S/C26H29F3N4O2/c1-14(17-5-4-8-21(23(17)27)26(28,29)13-34)30-25-20-11-22(33-16-9-10-35-12-16)18-6-3-7-19(18)24(20)31-15(2)32-25/h4-5,8,11,14,16,33-34H,3,6-7,9-10,12-13H2,1-2H3,(H,30,31,32)/t14-,16+/m1/s1. The second-order valence-electron chi connectivity index (χ2n) is 9.39. The molecule has 0 spiro atoms. The lowest BCUT2D eigenvalue weighted by Gasteiger charge is -2.22. The van der Waals surface area contributed by atoms with E-state index in [9.17, 15) is 8.78 Å². The van der Waals surface area contributed by atoms with Crippen molar-refractivity contribution in [2.24, 2.45) is 0 Å². The third-order valence-electron chi connectivity index (χ3n) is 6.91. The molecule has 1 aromatic heterocycles. The van der Waals surface area contributed by atoms with Gasteiger partial charge in [-0.05, 0) is 62.8 Å². The first kappa shape index (κ1) is 23.8. The van der Waals surface area contributed by atoms with Crippen LogP contribution in [-0.4, -0.2) is 40.9 Å². The number of benzene rings is 2. The van der Waals surface area contributed by atoms with Crippen LogP contribution in [0, 0.1) is 12.7 Å². The van der Waals surface area contributed by atoms with E-state index >= 15 is 4.39 Å². The first-order chi connectivity index (χ1) is 16.8. The van der Waals surface area contributed by atoms with Gasteiger partial charge in [0, 0.05) is 23.2 Å². The molecule has 1 aliphatic heterocycles. The molecular formula is C26H29F3N4O2. The van der Waals surface area contributed by atoms with Crippen LogP contribution in [0.1, 0.15) is 53.9 Å².